The third-order valence-electron chi connectivity index (χ3n) is 3.77. The molecule has 0 heterocycles. The van der Waals surface area contributed by atoms with Crippen molar-refractivity contribution in [1.82, 2.24) is 5.32 Å². The van der Waals surface area contributed by atoms with Gasteiger partial charge in [0.05, 0.1) is 17.9 Å². The molecule has 1 rings (SSSR count). The van der Waals surface area contributed by atoms with E-state index in [2.05, 4.69) is 28.2 Å². The van der Waals surface area contributed by atoms with Crippen LogP contribution in [-0.2, 0) is 9.84 Å². The lowest BCUT2D eigenvalue weighted by Crippen LogP contribution is -2.45. The van der Waals surface area contributed by atoms with Crippen LogP contribution in [0.25, 0.3) is 0 Å². The molecule has 1 unspecified atom stereocenters. The molecule has 0 saturated heterocycles. The van der Waals surface area contributed by atoms with E-state index in [0.29, 0.717) is 0 Å². The van der Waals surface area contributed by atoms with Crippen LogP contribution < -0.4 is 10.1 Å². The van der Waals surface area contributed by atoms with Crippen molar-refractivity contribution in [3.05, 3.63) is 28.2 Å². The van der Waals surface area contributed by atoms with E-state index in [1.807, 2.05) is 18.2 Å². The normalized spacial score (nSPS) is 14.0. The summed E-state index contributed by atoms with van der Waals surface area (Å²) in [5, 5.41) is 3.36. The molecule has 0 bridgehead atoms. The van der Waals surface area contributed by atoms with Crippen LogP contribution >= 0.6 is 15.9 Å². The highest BCUT2D eigenvalue weighted by Gasteiger charge is 2.40. The fourth-order valence-electron chi connectivity index (χ4n) is 2.10. The predicted octanol–water partition coefficient (Wildman–Crippen LogP) is 3.32. The molecule has 1 atom stereocenters. The molecule has 0 aliphatic rings. The van der Waals surface area contributed by atoms with Crippen molar-refractivity contribution in [1.29, 1.82) is 0 Å². The van der Waals surface area contributed by atoms with Gasteiger partial charge in [-0.25, -0.2) is 8.42 Å². The molecule has 0 aliphatic carbocycles. The van der Waals surface area contributed by atoms with Gasteiger partial charge in [0.25, 0.3) is 0 Å². The van der Waals surface area contributed by atoms with Crippen LogP contribution in [0.15, 0.2) is 22.7 Å². The Balaban J connectivity index is 3.32. The molecule has 0 radical (unpaired) electrons. The second-order valence-corrected chi connectivity index (χ2v) is 9.10. The molecule has 120 valence electrons. The molecule has 0 aliphatic heterocycles. The predicted molar refractivity (Wildman–Crippen MR) is 90.7 cm³/mol. The van der Waals surface area contributed by atoms with Gasteiger partial charge in [0.2, 0.25) is 0 Å². The lowest BCUT2D eigenvalue weighted by atomic mass is 9.95. The average molecular weight is 378 g/mol. The van der Waals surface area contributed by atoms with Gasteiger partial charge in [-0.15, -0.1) is 0 Å². The van der Waals surface area contributed by atoms with E-state index in [-0.39, 0.29) is 6.04 Å². The number of rotatable bonds is 7. The zero-order chi connectivity index (χ0) is 16.3. The monoisotopic (exact) mass is 377 g/mol. The summed E-state index contributed by atoms with van der Waals surface area (Å²) in [7, 11) is -1.62. The smallest absolute Gasteiger partial charge is 0.154 e. The molecule has 0 saturated carbocycles. The number of benzene rings is 1. The van der Waals surface area contributed by atoms with E-state index in [1.54, 1.807) is 21.0 Å². The van der Waals surface area contributed by atoms with E-state index >= 15 is 0 Å². The number of halogens is 1. The molecule has 21 heavy (non-hydrogen) atoms. The quantitative estimate of drug-likeness (QED) is 0.791. The van der Waals surface area contributed by atoms with Gasteiger partial charge in [-0.3, -0.25) is 0 Å². The SMILES string of the molecule is CCCNC(c1ccc(OC)cc1Br)C(C)(C)S(C)(=O)=O. The highest BCUT2D eigenvalue weighted by molar-refractivity contribution is 9.10. The summed E-state index contributed by atoms with van der Waals surface area (Å²) in [6, 6.07) is 5.31. The van der Waals surface area contributed by atoms with Gasteiger partial charge < -0.3 is 10.1 Å². The fourth-order valence-corrected chi connectivity index (χ4v) is 3.33. The van der Waals surface area contributed by atoms with Crippen LogP contribution in [0.1, 0.15) is 38.8 Å². The van der Waals surface area contributed by atoms with Crippen molar-refractivity contribution in [2.24, 2.45) is 0 Å². The Bertz CT molecular complexity index is 585. The van der Waals surface area contributed by atoms with E-state index in [9.17, 15) is 8.42 Å². The topological polar surface area (TPSA) is 55.4 Å². The van der Waals surface area contributed by atoms with Gasteiger partial charge in [-0.1, -0.05) is 28.9 Å². The van der Waals surface area contributed by atoms with Crippen LogP contribution in [0.4, 0.5) is 0 Å². The van der Waals surface area contributed by atoms with E-state index in [4.69, 9.17) is 4.74 Å². The zero-order valence-corrected chi connectivity index (χ0v) is 15.6. The highest BCUT2D eigenvalue weighted by atomic mass is 79.9. The molecular weight excluding hydrogens is 354 g/mol. The Morgan fingerprint density at radius 1 is 1.38 bits per heavy atom. The first-order chi connectivity index (χ1) is 9.65. The van der Waals surface area contributed by atoms with E-state index < -0.39 is 14.6 Å². The maximum atomic E-state index is 12.2. The fraction of sp³-hybridized carbons (Fsp3) is 0.600. The second-order valence-electron chi connectivity index (χ2n) is 5.65. The van der Waals surface area contributed by atoms with Crippen LogP contribution in [-0.4, -0.2) is 33.1 Å². The Morgan fingerprint density at radius 3 is 2.43 bits per heavy atom. The van der Waals surface area contributed by atoms with Crippen molar-refractivity contribution in [2.75, 3.05) is 19.9 Å². The maximum absolute atomic E-state index is 12.2. The van der Waals surface area contributed by atoms with Gasteiger partial charge in [0.15, 0.2) is 9.84 Å². The maximum Gasteiger partial charge on any atom is 0.154 e. The average Bonchev–Trinajstić information content (AvgIpc) is 2.39. The number of hydrogen-bond donors (Lipinski definition) is 1. The van der Waals surface area contributed by atoms with Gasteiger partial charge in [0, 0.05) is 10.7 Å². The zero-order valence-electron chi connectivity index (χ0n) is 13.2. The van der Waals surface area contributed by atoms with E-state index in [1.165, 1.54) is 6.26 Å². The summed E-state index contributed by atoms with van der Waals surface area (Å²) in [5.74, 6) is 0.733. The first kappa shape index (κ1) is 18.5. The van der Waals surface area contributed by atoms with Crippen molar-refractivity contribution in [3.63, 3.8) is 0 Å². The number of ether oxygens (including phenoxy) is 1. The Labute approximate surface area is 136 Å². The van der Waals surface area contributed by atoms with Crippen LogP contribution in [0.5, 0.6) is 5.75 Å². The van der Waals surface area contributed by atoms with Crippen molar-refractivity contribution in [2.45, 2.75) is 38.0 Å². The molecule has 1 aromatic rings. The largest absolute Gasteiger partial charge is 0.497 e. The summed E-state index contributed by atoms with van der Waals surface area (Å²) in [5.41, 5.74) is 0.916. The third kappa shape index (κ3) is 4.20. The molecular formula is C15H24BrNO3S. The summed E-state index contributed by atoms with van der Waals surface area (Å²) < 4.78 is 29.5. The van der Waals surface area contributed by atoms with E-state index in [0.717, 1.165) is 28.8 Å². The Morgan fingerprint density at radius 2 is 2.00 bits per heavy atom. The Hall–Kier alpha value is -0.590. The molecule has 0 fully saturated rings. The lowest BCUT2D eigenvalue weighted by molar-refractivity contribution is 0.408. The van der Waals surface area contributed by atoms with Gasteiger partial charge in [-0.2, -0.15) is 0 Å². The molecule has 0 amide bonds. The number of methoxy groups -OCH3 is 1. The van der Waals surface area contributed by atoms with Crippen LogP contribution in [0.3, 0.4) is 0 Å². The third-order valence-corrected chi connectivity index (χ3v) is 6.60. The summed E-state index contributed by atoms with van der Waals surface area (Å²) in [6.45, 7) is 6.32. The van der Waals surface area contributed by atoms with Crippen molar-refractivity contribution in [3.8, 4) is 5.75 Å². The van der Waals surface area contributed by atoms with Gasteiger partial charge >= 0.3 is 0 Å². The summed E-state index contributed by atoms with van der Waals surface area (Å²) in [4.78, 5) is 0. The number of hydrogen-bond acceptors (Lipinski definition) is 4. The standard InChI is InChI=1S/C15H24BrNO3S/c1-6-9-17-14(15(2,3)21(5,18)19)12-8-7-11(20-4)10-13(12)16/h7-8,10,14,17H,6,9H2,1-5H3. The minimum atomic E-state index is -3.23. The van der Waals surface area contributed by atoms with Crippen molar-refractivity contribution < 1.29 is 13.2 Å². The van der Waals surface area contributed by atoms with Gasteiger partial charge in [-0.05, 0) is 44.5 Å². The molecule has 1 aromatic carbocycles. The number of nitrogens with one attached hydrogen (secondary N) is 1. The first-order valence-electron chi connectivity index (χ1n) is 6.91. The van der Waals surface area contributed by atoms with Crippen LogP contribution in [0.2, 0.25) is 0 Å². The van der Waals surface area contributed by atoms with Gasteiger partial charge in [0.1, 0.15) is 5.75 Å². The summed E-state index contributed by atoms with van der Waals surface area (Å²) >= 11 is 3.52. The van der Waals surface area contributed by atoms with Crippen LogP contribution in [0, 0.1) is 0 Å². The summed E-state index contributed by atoms with van der Waals surface area (Å²) in [6.07, 6.45) is 2.22. The van der Waals surface area contributed by atoms with Crippen molar-refractivity contribution >= 4 is 25.8 Å². The molecule has 6 heteroatoms. The number of sulfone groups is 1. The first-order valence-corrected chi connectivity index (χ1v) is 9.60. The Kier molecular flexibility index (Phi) is 6.25. The minimum absolute atomic E-state index is 0.298. The second kappa shape index (κ2) is 7.11. The lowest BCUT2D eigenvalue weighted by Gasteiger charge is -2.34. The minimum Gasteiger partial charge on any atom is -0.497 e. The molecule has 0 spiro atoms. The molecule has 4 nitrogen and oxygen atoms in total. The molecule has 0 aromatic heterocycles. The molecule has 1 N–H and O–H groups in total. The highest BCUT2D eigenvalue weighted by Crippen LogP contribution is 2.37.